The summed E-state index contributed by atoms with van der Waals surface area (Å²) in [6, 6.07) is 4.42. The Morgan fingerprint density at radius 2 is 1.57 bits per heavy atom. The lowest BCUT2D eigenvalue weighted by atomic mass is 10.3. The molecule has 0 N–H and O–H groups in total. The number of amides is 1. The van der Waals surface area contributed by atoms with Crippen LogP contribution in [0, 0.1) is 0 Å². The molecule has 0 heterocycles. The number of benzene rings is 1. The Morgan fingerprint density at radius 3 is 1.95 bits per heavy atom. The first-order valence-electron chi connectivity index (χ1n) is 6.40. The Morgan fingerprint density at radius 1 is 1.10 bits per heavy atom. The third-order valence-corrected chi connectivity index (χ3v) is 4.51. The van der Waals surface area contributed by atoms with E-state index in [-0.39, 0.29) is 18.1 Å². The van der Waals surface area contributed by atoms with E-state index < -0.39 is 10.0 Å². The van der Waals surface area contributed by atoms with Crippen molar-refractivity contribution in [3.8, 4) is 0 Å². The third-order valence-electron chi connectivity index (χ3n) is 2.93. The van der Waals surface area contributed by atoms with Gasteiger partial charge in [-0.3, -0.25) is 9.10 Å². The Balaban J connectivity index is 3.16. The third kappa shape index (κ3) is 5.05. The van der Waals surface area contributed by atoms with Gasteiger partial charge >= 0.3 is 0 Å². The lowest BCUT2D eigenvalue weighted by molar-refractivity contribution is -0.129. The van der Waals surface area contributed by atoms with Crippen LogP contribution in [-0.2, 0) is 14.8 Å². The summed E-state index contributed by atoms with van der Waals surface area (Å²) in [7, 11) is -3.63. The number of anilines is 1. The van der Waals surface area contributed by atoms with Gasteiger partial charge in [-0.15, -0.1) is 0 Å². The fourth-order valence-electron chi connectivity index (χ4n) is 1.88. The maximum Gasteiger partial charge on any atom is 0.243 e. The van der Waals surface area contributed by atoms with Gasteiger partial charge < -0.3 is 4.90 Å². The standard InChI is InChI=1S/C13H18Cl2N2O3S/c1-4-16(5-2)13(18)9-17(21(3,19)20)12-7-10(14)6-11(15)8-12/h6-8H,4-5,9H2,1-3H3. The Hall–Kier alpha value is -0.980. The molecule has 118 valence electrons. The number of hydrogen-bond donors (Lipinski definition) is 0. The van der Waals surface area contributed by atoms with Crippen molar-refractivity contribution < 1.29 is 13.2 Å². The number of hydrogen-bond acceptors (Lipinski definition) is 3. The first-order valence-corrected chi connectivity index (χ1v) is 9.01. The number of sulfonamides is 1. The van der Waals surface area contributed by atoms with E-state index in [0.29, 0.717) is 23.1 Å². The van der Waals surface area contributed by atoms with Crippen LogP contribution in [0.3, 0.4) is 0 Å². The first kappa shape index (κ1) is 18.1. The molecule has 0 radical (unpaired) electrons. The van der Waals surface area contributed by atoms with E-state index >= 15 is 0 Å². The van der Waals surface area contributed by atoms with E-state index in [1.165, 1.54) is 18.2 Å². The zero-order valence-electron chi connectivity index (χ0n) is 12.1. The molecule has 21 heavy (non-hydrogen) atoms. The topological polar surface area (TPSA) is 57.7 Å². The van der Waals surface area contributed by atoms with Crippen LogP contribution in [0.4, 0.5) is 5.69 Å². The van der Waals surface area contributed by atoms with Crippen LogP contribution in [0.5, 0.6) is 0 Å². The summed E-state index contributed by atoms with van der Waals surface area (Å²) < 4.78 is 24.9. The van der Waals surface area contributed by atoms with Crippen LogP contribution in [0.1, 0.15) is 13.8 Å². The molecule has 0 aromatic heterocycles. The Bertz CT molecular complexity index is 596. The second kappa shape index (κ2) is 7.33. The van der Waals surface area contributed by atoms with Crippen molar-refractivity contribution in [3.63, 3.8) is 0 Å². The van der Waals surface area contributed by atoms with E-state index in [1.54, 1.807) is 4.90 Å². The van der Waals surface area contributed by atoms with Crippen molar-refractivity contribution in [3.05, 3.63) is 28.2 Å². The summed E-state index contributed by atoms with van der Waals surface area (Å²) in [5, 5.41) is 0.614. The largest absolute Gasteiger partial charge is 0.342 e. The highest BCUT2D eigenvalue weighted by Gasteiger charge is 2.23. The minimum Gasteiger partial charge on any atom is -0.342 e. The predicted molar refractivity (Wildman–Crippen MR) is 86.6 cm³/mol. The summed E-state index contributed by atoms with van der Waals surface area (Å²) in [5.41, 5.74) is 0.274. The van der Waals surface area contributed by atoms with Crippen LogP contribution >= 0.6 is 23.2 Å². The van der Waals surface area contributed by atoms with Crippen molar-refractivity contribution in [1.29, 1.82) is 0 Å². The monoisotopic (exact) mass is 352 g/mol. The van der Waals surface area contributed by atoms with Gasteiger partial charge in [-0.2, -0.15) is 0 Å². The fraction of sp³-hybridized carbons (Fsp3) is 0.462. The number of nitrogens with zero attached hydrogens (tertiary/aromatic N) is 2. The highest BCUT2D eigenvalue weighted by Crippen LogP contribution is 2.27. The second-order valence-corrected chi connectivity index (χ2v) is 7.24. The van der Waals surface area contributed by atoms with Crippen LogP contribution in [0.2, 0.25) is 10.0 Å². The van der Waals surface area contributed by atoms with Gasteiger partial charge in [0.05, 0.1) is 11.9 Å². The zero-order valence-corrected chi connectivity index (χ0v) is 14.5. The molecule has 1 aromatic carbocycles. The van der Waals surface area contributed by atoms with Crippen molar-refractivity contribution >= 4 is 44.8 Å². The van der Waals surface area contributed by atoms with Gasteiger partial charge in [0.15, 0.2) is 0 Å². The van der Waals surface area contributed by atoms with Crippen molar-refractivity contribution in [2.24, 2.45) is 0 Å². The van der Waals surface area contributed by atoms with Gasteiger partial charge in [-0.25, -0.2) is 8.42 Å². The lowest BCUT2D eigenvalue weighted by Gasteiger charge is -2.26. The molecule has 0 bridgehead atoms. The number of rotatable bonds is 6. The molecule has 0 atom stereocenters. The van der Waals surface area contributed by atoms with E-state index in [9.17, 15) is 13.2 Å². The average Bonchev–Trinajstić information content (AvgIpc) is 2.34. The quantitative estimate of drug-likeness (QED) is 0.790. The molecule has 0 aliphatic rings. The number of carbonyl (C=O) groups is 1. The summed E-state index contributed by atoms with van der Waals surface area (Å²) in [6.45, 7) is 4.43. The minimum atomic E-state index is -3.63. The van der Waals surface area contributed by atoms with Crippen molar-refractivity contribution in [2.75, 3.05) is 30.2 Å². The summed E-state index contributed by atoms with van der Waals surface area (Å²) in [5.74, 6) is -0.276. The van der Waals surface area contributed by atoms with Gasteiger partial charge in [0.1, 0.15) is 6.54 Å². The van der Waals surface area contributed by atoms with E-state index in [2.05, 4.69) is 0 Å². The summed E-state index contributed by atoms with van der Waals surface area (Å²) >= 11 is 11.8. The number of carbonyl (C=O) groups excluding carboxylic acids is 1. The van der Waals surface area contributed by atoms with E-state index in [0.717, 1.165) is 10.6 Å². The van der Waals surface area contributed by atoms with Crippen molar-refractivity contribution in [1.82, 2.24) is 4.90 Å². The minimum absolute atomic E-state index is 0.274. The zero-order chi connectivity index (χ0) is 16.2. The molecule has 0 saturated carbocycles. The predicted octanol–water partition coefficient (Wildman–Crippen LogP) is 2.63. The molecular formula is C13H18Cl2N2O3S. The molecule has 5 nitrogen and oxygen atoms in total. The highest BCUT2D eigenvalue weighted by atomic mass is 35.5. The number of halogens is 2. The normalized spacial score (nSPS) is 11.3. The molecule has 0 aliphatic carbocycles. The van der Waals surface area contributed by atoms with Gasteiger partial charge in [-0.1, -0.05) is 23.2 Å². The Labute approximate surface area is 135 Å². The van der Waals surface area contributed by atoms with Gasteiger partial charge in [0.2, 0.25) is 15.9 Å². The molecule has 1 aromatic rings. The maximum absolute atomic E-state index is 12.2. The highest BCUT2D eigenvalue weighted by molar-refractivity contribution is 7.92. The van der Waals surface area contributed by atoms with Crippen LogP contribution < -0.4 is 4.31 Å². The van der Waals surface area contributed by atoms with Gasteiger partial charge in [-0.05, 0) is 32.0 Å². The average molecular weight is 353 g/mol. The second-order valence-electron chi connectivity index (χ2n) is 4.46. The Kier molecular flexibility index (Phi) is 6.31. The fourth-order valence-corrected chi connectivity index (χ4v) is 3.23. The molecule has 0 unspecified atom stereocenters. The van der Waals surface area contributed by atoms with Gasteiger partial charge in [0.25, 0.3) is 0 Å². The van der Waals surface area contributed by atoms with Gasteiger partial charge in [0, 0.05) is 23.1 Å². The van der Waals surface area contributed by atoms with Crippen LogP contribution in [-0.4, -0.2) is 45.1 Å². The van der Waals surface area contributed by atoms with Crippen LogP contribution in [0.15, 0.2) is 18.2 Å². The molecule has 0 aliphatic heterocycles. The summed E-state index contributed by atoms with van der Waals surface area (Å²) in [6.07, 6.45) is 1.04. The molecule has 1 amide bonds. The number of likely N-dealkylation sites (N-methyl/N-ethyl adjacent to an activating group) is 1. The molecule has 0 fully saturated rings. The molecule has 8 heteroatoms. The SMILES string of the molecule is CCN(CC)C(=O)CN(c1cc(Cl)cc(Cl)c1)S(C)(=O)=O. The van der Waals surface area contributed by atoms with E-state index in [4.69, 9.17) is 23.2 Å². The molecule has 0 spiro atoms. The van der Waals surface area contributed by atoms with Crippen LogP contribution in [0.25, 0.3) is 0 Å². The molecule has 1 rings (SSSR count). The van der Waals surface area contributed by atoms with E-state index in [1.807, 2.05) is 13.8 Å². The first-order chi connectivity index (χ1) is 9.68. The molecule has 0 saturated heterocycles. The lowest BCUT2D eigenvalue weighted by Crippen LogP contribution is -2.42. The molecular weight excluding hydrogens is 335 g/mol. The smallest absolute Gasteiger partial charge is 0.243 e. The summed E-state index contributed by atoms with van der Waals surface area (Å²) in [4.78, 5) is 13.7. The maximum atomic E-state index is 12.2. The van der Waals surface area contributed by atoms with Crippen molar-refractivity contribution in [2.45, 2.75) is 13.8 Å².